The molecule has 0 saturated heterocycles. The first-order valence-electron chi connectivity index (χ1n) is 7.44. The van der Waals surface area contributed by atoms with E-state index in [1.54, 1.807) is 24.3 Å². The van der Waals surface area contributed by atoms with Gasteiger partial charge in [0.25, 0.3) is 5.91 Å². The number of carbonyl (C=O) groups excluding carboxylic acids is 1. The molecule has 8 heteroatoms. The number of fused-ring (bicyclic) bond motifs is 1. The van der Waals surface area contributed by atoms with Crippen LogP contribution in [0.3, 0.4) is 0 Å². The number of hydrogen-bond acceptors (Lipinski definition) is 4. The summed E-state index contributed by atoms with van der Waals surface area (Å²) in [7, 11) is 0.593. The number of carbonyl (C=O) groups is 1. The fourth-order valence-electron chi connectivity index (χ4n) is 2.95. The fourth-order valence-corrected chi connectivity index (χ4v) is 4.37. The second kappa shape index (κ2) is 5.81. The van der Waals surface area contributed by atoms with Crippen LogP contribution in [0.1, 0.15) is 21.5 Å². The third-order valence-electron chi connectivity index (χ3n) is 4.42. The highest BCUT2D eigenvalue weighted by molar-refractivity contribution is 7.89. The van der Waals surface area contributed by atoms with Crippen LogP contribution in [0, 0.1) is 0 Å². The average Bonchev–Trinajstić information content (AvgIpc) is 2.77. The van der Waals surface area contributed by atoms with Crippen LogP contribution < -0.4 is 0 Å². The predicted molar refractivity (Wildman–Crippen MR) is 93.9 cm³/mol. The van der Waals surface area contributed by atoms with Gasteiger partial charge in [-0.2, -0.15) is 0 Å². The minimum Gasteiger partial charge on any atom is -0.363 e. The molecule has 0 aromatic heterocycles. The molecule has 2 aromatic carbocycles. The number of aliphatic hydroxyl groups is 1. The highest BCUT2D eigenvalue weighted by Crippen LogP contribution is 2.42. The number of halogens is 1. The van der Waals surface area contributed by atoms with Gasteiger partial charge < -0.3 is 10.0 Å². The van der Waals surface area contributed by atoms with Crippen LogP contribution in [0.15, 0.2) is 47.4 Å². The molecule has 1 unspecified atom stereocenters. The lowest BCUT2D eigenvalue weighted by molar-refractivity contribution is -0.0369. The van der Waals surface area contributed by atoms with E-state index in [9.17, 15) is 18.3 Å². The van der Waals surface area contributed by atoms with E-state index in [1.807, 2.05) is 0 Å². The number of rotatable bonds is 3. The van der Waals surface area contributed by atoms with Gasteiger partial charge in [-0.1, -0.05) is 35.9 Å². The Balaban J connectivity index is 2.18. The van der Waals surface area contributed by atoms with Crippen LogP contribution in [-0.4, -0.2) is 49.8 Å². The summed E-state index contributed by atoms with van der Waals surface area (Å²) in [5.74, 6) is -0.320. The van der Waals surface area contributed by atoms with E-state index in [-0.39, 0.29) is 15.8 Å². The van der Waals surface area contributed by atoms with E-state index in [0.717, 1.165) is 4.31 Å². The van der Waals surface area contributed by atoms with Gasteiger partial charge in [0, 0.05) is 37.8 Å². The molecule has 1 aliphatic rings. The van der Waals surface area contributed by atoms with Crippen molar-refractivity contribution in [2.45, 2.75) is 10.6 Å². The zero-order chi connectivity index (χ0) is 18.6. The van der Waals surface area contributed by atoms with Crippen molar-refractivity contribution in [3.8, 4) is 0 Å². The van der Waals surface area contributed by atoms with Crippen molar-refractivity contribution >= 4 is 27.5 Å². The van der Waals surface area contributed by atoms with Gasteiger partial charge in [0.15, 0.2) is 5.72 Å². The quantitative estimate of drug-likeness (QED) is 0.881. The Morgan fingerprint density at radius 3 is 2.40 bits per heavy atom. The van der Waals surface area contributed by atoms with Crippen molar-refractivity contribution in [1.29, 1.82) is 0 Å². The summed E-state index contributed by atoms with van der Waals surface area (Å²) in [6.45, 7) is 0. The second-order valence-electron chi connectivity index (χ2n) is 6.01. The Hall–Kier alpha value is -1.93. The molecule has 0 spiro atoms. The maximum atomic E-state index is 12.4. The topological polar surface area (TPSA) is 77.9 Å². The van der Waals surface area contributed by atoms with Gasteiger partial charge >= 0.3 is 0 Å². The lowest BCUT2D eigenvalue weighted by Crippen LogP contribution is -2.42. The minimum atomic E-state index is -3.71. The van der Waals surface area contributed by atoms with E-state index in [4.69, 9.17) is 11.6 Å². The lowest BCUT2D eigenvalue weighted by atomic mass is 9.94. The summed E-state index contributed by atoms with van der Waals surface area (Å²) in [6, 6.07) is 10.9. The minimum absolute atomic E-state index is 0.0233. The van der Waals surface area contributed by atoms with Crippen LogP contribution in [0.25, 0.3) is 0 Å². The number of hydrogen-bond donors (Lipinski definition) is 1. The van der Waals surface area contributed by atoms with Gasteiger partial charge in [-0.3, -0.25) is 4.79 Å². The maximum absolute atomic E-state index is 12.4. The average molecular weight is 381 g/mol. The van der Waals surface area contributed by atoms with Crippen molar-refractivity contribution in [3.05, 3.63) is 64.2 Å². The van der Waals surface area contributed by atoms with Crippen LogP contribution in [0.2, 0.25) is 5.02 Å². The second-order valence-corrected chi connectivity index (χ2v) is 8.54. The molecule has 3 rings (SSSR count). The SMILES string of the molecule is CN1C(=O)c2ccccc2C1(O)c1ccc(S(=O)(=O)N(C)C)c(Cl)c1. The van der Waals surface area contributed by atoms with Gasteiger partial charge in [-0.05, 0) is 18.2 Å². The third-order valence-corrected chi connectivity index (χ3v) is 6.71. The Labute approximate surface area is 151 Å². The monoisotopic (exact) mass is 380 g/mol. The molecule has 25 heavy (non-hydrogen) atoms. The lowest BCUT2D eigenvalue weighted by Gasteiger charge is -2.32. The molecular weight excluding hydrogens is 364 g/mol. The van der Waals surface area contributed by atoms with Crippen LogP contribution in [-0.2, 0) is 15.7 Å². The molecule has 0 fully saturated rings. The van der Waals surface area contributed by atoms with Crippen molar-refractivity contribution in [1.82, 2.24) is 9.21 Å². The molecule has 6 nitrogen and oxygen atoms in total. The van der Waals surface area contributed by atoms with E-state index in [1.165, 1.54) is 44.2 Å². The normalized spacial score (nSPS) is 20.2. The molecule has 1 amide bonds. The largest absolute Gasteiger partial charge is 0.363 e. The third kappa shape index (κ3) is 2.46. The van der Waals surface area contributed by atoms with Gasteiger partial charge in [0.2, 0.25) is 10.0 Å². The summed E-state index contributed by atoms with van der Waals surface area (Å²) >= 11 is 6.19. The fraction of sp³-hybridized carbons (Fsp3) is 0.235. The van der Waals surface area contributed by atoms with E-state index in [0.29, 0.717) is 16.7 Å². The number of benzene rings is 2. The zero-order valence-corrected chi connectivity index (χ0v) is 15.5. The standard InChI is InChI=1S/C17H17ClN2O4S/c1-19(2)25(23,24)15-9-8-11(10-14(15)18)17(22)13-7-5-4-6-12(13)16(21)20(17)3/h4-10,22H,1-3H3. The van der Waals surface area contributed by atoms with Gasteiger partial charge in [0.05, 0.1) is 5.02 Å². The van der Waals surface area contributed by atoms with E-state index >= 15 is 0 Å². The van der Waals surface area contributed by atoms with Crippen LogP contribution in [0.4, 0.5) is 0 Å². The first-order chi connectivity index (χ1) is 11.6. The predicted octanol–water partition coefficient (Wildman–Crippen LogP) is 1.87. The maximum Gasteiger partial charge on any atom is 0.256 e. The first kappa shape index (κ1) is 17.9. The van der Waals surface area contributed by atoms with Gasteiger partial charge in [0.1, 0.15) is 4.90 Å². The molecule has 1 N–H and O–H groups in total. The molecular formula is C17H17ClN2O4S. The molecule has 2 aromatic rings. The molecule has 0 saturated carbocycles. The number of sulfonamides is 1. The Kier molecular flexibility index (Phi) is 4.15. The van der Waals surface area contributed by atoms with Crippen molar-refractivity contribution in [2.75, 3.05) is 21.1 Å². The van der Waals surface area contributed by atoms with E-state index < -0.39 is 15.7 Å². The Morgan fingerprint density at radius 2 is 1.80 bits per heavy atom. The summed E-state index contributed by atoms with van der Waals surface area (Å²) < 4.78 is 25.6. The summed E-state index contributed by atoms with van der Waals surface area (Å²) in [6.07, 6.45) is 0. The molecule has 0 radical (unpaired) electrons. The molecule has 0 bridgehead atoms. The zero-order valence-electron chi connectivity index (χ0n) is 13.9. The summed E-state index contributed by atoms with van der Waals surface area (Å²) in [5, 5.41) is 11.2. The first-order valence-corrected chi connectivity index (χ1v) is 9.26. The summed E-state index contributed by atoms with van der Waals surface area (Å²) in [5.41, 5.74) is -0.566. The molecule has 132 valence electrons. The number of amides is 1. The van der Waals surface area contributed by atoms with Crippen LogP contribution in [0.5, 0.6) is 0 Å². The molecule has 0 aliphatic carbocycles. The van der Waals surface area contributed by atoms with Crippen molar-refractivity contribution in [3.63, 3.8) is 0 Å². The summed E-state index contributed by atoms with van der Waals surface area (Å²) in [4.78, 5) is 13.6. The Morgan fingerprint density at radius 1 is 1.16 bits per heavy atom. The van der Waals surface area contributed by atoms with Crippen molar-refractivity contribution < 1.29 is 18.3 Å². The number of nitrogens with zero attached hydrogens (tertiary/aromatic N) is 2. The van der Waals surface area contributed by atoms with Crippen LogP contribution >= 0.6 is 11.6 Å². The molecule has 1 heterocycles. The van der Waals surface area contributed by atoms with Crippen molar-refractivity contribution in [2.24, 2.45) is 0 Å². The van der Waals surface area contributed by atoms with E-state index in [2.05, 4.69) is 0 Å². The molecule has 1 atom stereocenters. The Bertz CT molecular complexity index is 974. The smallest absolute Gasteiger partial charge is 0.256 e. The van der Waals surface area contributed by atoms with Gasteiger partial charge in [-0.15, -0.1) is 0 Å². The highest BCUT2D eigenvalue weighted by atomic mass is 35.5. The highest BCUT2D eigenvalue weighted by Gasteiger charge is 2.48. The molecule has 1 aliphatic heterocycles. The van der Waals surface area contributed by atoms with Gasteiger partial charge in [-0.25, -0.2) is 12.7 Å².